The maximum absolute atomic E-state index is 5.27. The molecule has 1 aromatic carbocycles. The molecule has 1 atom stereocenters. The number of hydrogen-bond donors (Lipinski definition) is 1. The molecule has 0 N–H and O–H groups in total. The van der Waals surface area contributed by atoms with Crippen molar-refractivity contribution in [3.63, 3.8) is 0 Å². The predicted octanol–water partition coefficient (Wildman–Crippen LogP) is 2.57. The summed E-state index contributed by atoms with van der Waals surface area (Å²) in [6, 6.07) is 8.30. The molecule has 0 saturated carbocycles. The lowest BCUT2D eigenvalue weighted by Crippen LogP contribution is -1.97. The quantitative estimate of drug-likeness (QED) is 0.539. The Balaban J connectivity index is 3.09. The molecule has 0 spiro atoms. The van der Waals surface area contributed by atoms with Crippen LogP contribution in [0.5, 0.6) is 0 Å². The van der Waals surface area contributed by atoms with Gasteiger partial charge in [0.2, 0.25) is 0 Å². The summed E-state index contributed by atoms with van der Waals surface area (Å²) >= 11 is 9.67. The Labute approximate surface area is 78.2 Å². The lowest BCUT2D eigenvalue weighted by Gasteiger charge is -2.08. The third kappa shape index (κ3) is 2.62. The van der Waals surface area contributed by atoms with Crippen LogP contribution in [0.3, 0.4) is 0 Å². The van der Waals surface area contributed by atoms with Crippen molar-refractivity contribution in [1.82, 2.24) is 0 Å². The SMILES string of the molecule is Cc1ccc(P(C)(=S)S)cc1. The highest BCUT2D eigenvalue weighted by molar-refractivity contribution is 8.65. The van der Waals surface area contributed by atoms with E-state index in [9.17, 15) is 0 Å². The molecule has 60 valence electrons. The van der Waals surface area contributed by atoms with Gasteiger partial charge in [0.05, 0.1) is 0 Å². The normalized spacial score (nSPS) is 15.9. The molecule has 1 unspecified atom stereocenters. The molecule has 1 rings (SSSR count). The molecule has 0 aliphatic rings. The van der Waals surface area contributed by atoms with Crippen LogP contribution < -0.4 is 5.30 Å². The van der Waals surface area contributed by atoms with Gasteiger partial charge in [-0.15, -0.1) is 12.2 Å². The summed E-state index contributed by atoms with van der Waals surface area (Å²) in [6.45, 7) is 4.09. The first-order chi connectivity index (χ1) is 5.00. The van der Waals surface area contributed by atoms with E-state index in [4.69, 9.17) is 11.8 Å². The fourth-order valence-electron chi connectivity index (χ4n) is 0.821. The molecule has 0 fully saturated rings. The Morgan fingerprint density at radius 3 is 2.09 bits per heavy atom. The van der Waals surface area contributed by atoms with Crippen LogP contribution in [-0.4, -0.2) is 6.66 Å². The summed E-state index contributed by atoms with van der Waals surface area (Å²) in [7, 11) is 0. The molecule has 0 aliphatic carbocycles. The van der Waals surface area contributed by atoms with Crippen molar-refractivity contribution in [3.8, 4) is 0 Å². The molecule has 0 nitrogen and oxygen atoms in total. The third-order valence-electron chi connectivity index (χ3n) is 1.51. The number of benzene rings is 1. The molecule has 11 heavy (non-hydrogen) atoms. The van der Waals surface area contributed by atoms with Gasteiger partial charge in [0.25, 0.3) is 0 Å². The Morgan fingerprint density at radius 1 is 1.27 bits per heavy atom. The van der Waals surface area contributed by atoms with Crippen LogP contribution in [0.4, 0.5) is 0 Å². The average Bonchev–Trinajstić information content (AvgIpc) is 1.86. The summed E-state index contributed by atoms with van der Waals surface area (Å²) in [6.07, 6.45) is 0. The summed E-state index contributed by atoms with van der Waals surface area (Å²) in [5.41, 5.74) is 1.27. The summed E-state index contributed by atoms with van der Waals surface area (Å²) < 4.78 is 0. The molecule has 0 aromatic heterocycles. The van der Waals surface area contributed by atoms with Gasteiger partial charge in [0.15, 0.2) is 0 Å². The van der Waals surface area contributed by atoms with E-state index in [1.807, 2.05) is 6.66 Å². The van der Waals surface area contributed by atoms with Crippen LogP contribution in [0.15, 0.2) is 24.3 Å². The van der Waals surface area contributed by atoms with Crippen molar-refractivity contribution in [3.05, 3.63) is 29.8 Å². The van der Waals surface area contributed by atoms with Crippen LogP contribution in [0.25, 0.3) is 0 Å². The predicted molar refractivity (Wildman–Crippen MR) is 60.0 cm³/mol. The molecular weight excluding hydrogens is 191 g/mol. The van der Waals surface area contributed by atoms with Gasteiger partial charge in [-0.05, 0) is 18.9 Å². The van der Waals surface area contributed by atoms with Crippen LogP contribution in [0.1, 0.15) is 5.56 Å². The Bertz CT molecular complexity index is 283. The Kier molecular flexibility index (Phi) is 2.79. The second kappa shape index (κ2) is 3.30. The highest BCUT2D eigenvalue weighted by Crippen LogP contribution is 2.45. The number of hydrogen-bond acceptors (Lipinski definition) is 1. The zero-order chi connectivity index (χ0) is 8.48. The molecule has 0 saturated heterocycles. The van der Waals surface area contributed by atoms with E-state index >= 15 is 0 Å². The first kappa shape index (κ1) is 9.31. The average molecular weight is 202 g/mol. The summed E-state index contributed by atoms with van der Waals surface area (Å²) in [4.78, 5) is 0. The zero-order valence-electron chi connectivity index (χ0n) is 6.61. The summed E-state index contributed by atoms with van der Waals surface area (Å²) in [5.74, 6) is 0. The van der Waals surface area contributed by atoms with Crippen LogP contribution in [0, 0.1) is 6.92 Å². The van der Waals surface area contributed by atoms with Gasteiger partial charge in [-0.3, -0.25) is 0 Å². The third-order valence-corrected chi connectivity index (χ3v) is 4.09. The van der Waals surface area contributed by atoms with Gasteiger partial charge in [-0.25, -0.2) is 0 Å². The zero-order valence-corrected chi connectivity index (χ0v) is 9.22. The van der Waals surface area contributed by atoms with Crippen molar-refractivity contribution in [2.24, 2.45) is 0 Å². The topological polar surface area (TPSA) is 0 Å². The second-order valence-electron chi connectivity index (χ2n) is 2.71. The van der Waals surface area contributed by atoms with Crippen LogP contribution >= 0.6 is 17.5 Å². The molecule has 0 amide bonds. The second-order valence-corrected chi connectivity index (χ2v) is 10.4. The minimum Gasteiger partial charge on any atom is -0.137 e. The molecule has 1 aromatic rings. The first-order valence-corrected chi connectivity index (χ1v) is 7.78. The van der Waals surface area contributed by atoms with Gasteiger partial charge in [0, 0.05) is 5.24 Å². The fraction of sp³-hybridized carbons (Fsp3) is 0.250. The highest BCUT2D eigenvalue weighted by Gasteiger charge is 2.05. The van der Waals surface area contributed by atoms with E-state index < -0.39 is 5.24 Å². The molecule has 0 radical (unpaired) electrons. The summed E-state index contributed by atoms with van der Waals surface area (Å²) in [5, 5.41) is -0.314. The molecule has 0 heterocycles. The van der Waals surface area contributed by atoms with Crippen molar-refractivity contribution in [2.45, 2.75) is 6.92 Å². The van der Waals surface area contributed by atoms with E-state index in [1.54, 1.807) is 0 Å². The van der Waals surface area contributed by atoms with Crippen molar-refractivity contribution < 1.29 is 0 Å². The number of rotatable bonds is 1. The minimum absolute atomic E-state index is 1.20. The van der Waals surface area contributed by atoms with E-state index in [-0.39, 0.29) is 0 Å². The van der Waals surface area contributed by atoms with E-state index in [0.717, 1.165) is 0 Å². The van der Waals surface area contributed by atoms with Crippen LogP contribution in [0.2, 0.25) is 0 Å². The van der Waals surface area contributed by atoms with Gasteiger partial charge in [-0.1, -0.05) is 41.6 Å². The van der Waals surface area contributed by atoms with E-state index in [0.29, 0.717) is 0 Å². The molecular formula is C8H11PS2. The van der Waals surface area contributed by atoms with Crippen LogP contribution in [-0.2, 0) is 11.8 Å². The van der Waals surface area contributed by atoms with Gasteiger partial charge < -0.3 is 0 Å². The number of thiol groups is 1. The van der Waals surface area contributed by atoms with Gasteiger partial charge in [-0.2, -0.15) is 0 Å². The van der Waals surface area contributed by atoms with Gasteiger partial charge >= 0.3 is 0 Å². The van der Waals surface area contributed by atoms with E-state index in [2.05, 4.69) is 43.4 Å². The standard InChI is InChI=1S/C8H11PS2/c1-7-3-5-8(6-4-7)9(2,10)11/h3-6H,1-2H3,(H,10,11). The Hall–Kier alpha value is 0.220. The largest absolute Gasteiger partial charge is 0.137 e. The van der Waals surface area contributed by atoms with Crippen molar-refractivity contribution >= 4 is 34.6 Å². The first-order valence-electron chi connectivity index (χ1n) is 3.37. The maximum Gasteiger partial charge on any atom is 0.0279 e. The fourth-order valence-corrected chi connectivity index (χ4v) is 2.29. The van der Waals surface area contributed by atoms with Gasteiger partial charge in [0.1, 0.15) is 0 Å². The maximum atomic E-state index is 5.27. The van der Waals surface area contributed by atoms with E-state index in [1.165, 1.54) is 10.9 Å². The lowest BCUT2D eigenvalue weighted by atomic mass is 10.2. The monoisotopic (exact) mass is 202 g/mol. The number of aryl methyl sites for hydroxylation is 1. The van der Waals surface area contributed by atoms with Crippen molar-refractivity contribution in [2.75, 3.05) is 6.66 Å². The highest BCUT2D eigenvalue weighted by atomic mass is 32.9. The molecule has 3 heteroatoms. The molecule has 0 aliphatic heterocycles. The lowest BCUT2D eigenvalue weighted by molar-refractivity contribution is 1.49. The Morgan fingerprint density at radius 2 is 1.73 bits per heavy atom. The van der Waals surface area contributed by atoms with Crippen molar-refractivity contribution in [1.29, 1.82) is 0 Å². The smallest absolute Gasteiger partial charge is 0.0279 e. The molecule has 0 bridgehead atoms. The minimum atomic E-state index is -1.51.